The van der Waals surface area contributed by atoms with Crippen molar-refractivity contribution in [1.29, 1.82) is 0 Å². The standard InChI is InChI=1S/C8H12N2O2S2/c1-10-4-3-9-8(10)13-7-2-5-14(11,12)6-7/h3-4,7H,2,5-6H2,1H3/t7-/m0/s1. The molecule has 0 spiro atoms. The molecule has 0 unspecified atom stereocenters. The molecule has 1 saturated heterocycles. The first-order valence-electron chi connectivity index (χ1n) is 4.41. The average molecular weight is 232 g/mol. The number of sulfone groups is 1. The summed E-state index contributed by atoms with van der Waals surface area (Å²) in [7, 11) is -0.854. The molecule has 0 amide bonds. The lowest BCUT2D eigenvalue weighted by molar-refractivity contribution is 0.602. The predicted molar refractivity (Wildman–Crippen MR) is 56.1 cm³/mol. The van der Waals surface area contributed by atoms with Crippen molar-refractivity contribution in [2.24, 2.45) is 7.05 Å². The summed E-state index contributed by atoms with van der Waals surface area (Å²) in [6, 6.07) is 0. The van der Waals surface area contributed by atoms with Crippen LogP contribution in [0.15, 0.2) is 17.6 Å². The minimum Gasteiger partial charge on any atom is -0.329 e. The summed E-state index contributed by atoms with van der Waals surface area (Å²) in [5.41, 5.74) is 0. The fourth-order valence-corrected chi connectivity index (χ4v) is 4.94. The first-order chi connectivity index (χ1) is 6.57. The number of hydrogen-bond acceptors (Lipinski definition) is 4. The summed E-state index contributed by atoms with van der Waals surface area (Å²) in [5, 5.41) is 1.08. The molecule has 4 nitrogen and oxygen atoms in total. The first-order valence-corrected chi connectivity index (χ1v) is 7.11. The van der Waals surface area contributed by atoms with Gasteiger partial charge in [-0.3, -0.25) is 0 Å². The smallest absolute Gasteiger partial charge is 0.167 e. The second-order valence-electron chi connectivity index (χ2n) is 3.46. The summed E-state index contributed by atoms with van der Waals surface area (Å²) in [4.78, 5) is 4.16. The Bertz CT molecular complexity index is 424. The maximum atomic E-state index is 11.2. The van der Waals surface area contributed by atoms with E-state index in [1.807, 2.05) is 17.8 Å². The van der Waals surface area contributed by atoms with Crippen molar-refractivity contribution in [2.75, 3.05) is 11.5 Å². The zero-order valence-electron chi connectivity index (χ0n) is 7.88. The Kier molecular flexibility index (Phi) is 2.57. The number of aryl methyl sites for hydroxylation is 1. The predicted octanol–water partition coefficient (Wildman–Crippen LogP) is 0.699. The number of hydrogen-bond donors (Lipinski definition) is 0. The Morgan fingerprint density at radius 3 is 2.93 bits per heavy atom. The molecule has 0 aromatic carbocycles. The van der Waals surface area contributed by atoms with E-state index in [1.165, 1.54) is 0 Å². The zero-order valence-corrected chi connectivity index (χ0v) is 9.51. The minimum absolute atomic E-state index is 0.182. The van der Waals surface area contributed by atoms with Crippen molar-refractivity contribution >= 4 is 21.6 Å². The van der Waals surface area contributed by atoms with Crippen LogP contribution in [0.2, 0.25) is 0 Å². The van der Waals surface area contributed by atoms with E-state index in [-0.39, 0.29) is 5.25 Å². The number of rotatable bonds is 2. The van der Waals surface area contributed by atoms with Crippen molar-refractivity contribution in [3.05, 3.63) is 12.4 Å². The van der Waals surface area contributed by atoms with E-state index in [1.54, 1.807) is 18.0 Å². The molecular formula is C8H12N2O2S2. The third-order valence-electron chi connectivity index (χ3n) is 2.24. The molecular weight excluding hydrogens is 220 g/mol. The highest BCUT2D eigenvalue weighted by Gasteiger charge is 2.29. The van der Waals surface area contributed by atoms with Gasteiger partial charge in [-0.1, -0.05) is 11.8 Å². The topological polar surface area (TPSA) is 52.0 Å². The monoisotopic (exact) mass is 232 g/mol. The van der Waals surface area contributed by atoms with Crippen molar-refractivity contribution in [2.45, 2.75) is 16.8 Å². The Labute approximate surface area is 87.6 Å². The molecule has 0 N–H and O–H groups in total. The second-order valence-corrected chi connectivity index (χ2v) is 6.96. The van der Waals surface area contributed by atoms with Gasteiger partial charge in [-0.15, -0.1) is 0 Å². The van der Waals surface area contributed by atoms with Gasteiger partial charge in [-0.05, 0) is 6.42 Å². The van der Waals surface area contributed by atoms with Crippen LogP contribution in [0.3, 0.4) is 0 Å². The molecule has 1 atom stereocenters. The molecule has 2 heterocycles. The normalized spacial score (nSPS) is 25.4. The maximum absolute atomic E-state index is 11.2. The third-order valence-corrected chi connectivity index (χ3v) is 5.56. The third kappa shape index (κ3) is 2.12. The van der Waals surface area contributed by atoms with Gasteiger partial charge >= 0.3 is 0 Å². The maximum Gasteiger partial charge on any atom is 0.167 e. The fourth-order valence-electron chi connectivity index (χ4n) is 1.47. The van der Waals surface area contributed by atoms with Crippen molar-refractivity contribution in [3.8, 4) is 0 Å². The van der Waals surface area contributed by atoms with E-state index in [0.29, 0.717) is 11.5 Å². The van der Waals surface area contributed by atoms with E-state index in [4.69, 9.17) is 0 Å². The quantitative estimate of drug-likeness (QED) is 0.753. The van der Waals surface area contributed by atoms with Crippen LogP contribution in [0.5, 0.6) is 0 Å². The van der Waals surface area contributed by atoms with Gasteiger partial charge in [0.15, 0.2) is 15.0 Å². The summed E-state index contributed by atoms with van der Waals surface area (Å²) >= 11 is 1.56. The molecule has 0 aliphatic carbocycles. The van der Waals surface area contributed by atoms with Gasteiger partial charge in [0, 0.05) is 24.7 Å². The van der Waals surface area contributed by atoms with Crippen molar-refractivity contribution < 1.29 is 8.42 Å². The molecule has 1 aliphatic rings. The van der Waals surface area contributed by atoms with Crippen LogP contribution in [0.1, 0.15) is 6.42 Å². The lowest BCUT2D eigenvalue weighted by Crippen LogP contribution is -2.07. The molecule has 2 rings (SSSR count). The van der Waals surface area contributed by atoms with Gasteiger partial charge in [-0.25, -0.2) is 13.4 Å². The molecule has 0 saturated carbocycles. The zero-order chi connectivity index (χ0) is 10.2. The first kappa shape index (κ1) is 10.0. The highest BCUT2D eigenvalue weighted by atomic mass is 32.2. The SMILES string of the molecule is Cn1ccnc1S[C@H]1CCS(=O)(=O)C1. The van der Waals surface area contributed by atoms with Crippen molar-refractivity contribution in [1.82, 2.24) is 9.55 Å². The van der Waals surface area contributed by atoms with Crippen LogP contribution in [0.25, 0.3) is 0 Å². The summed E-state index contributed by atoms with van der Waals surface area (Å²) in [6.45, 7) is 0. The number of imidazole rings is 1. The van der Waals surface area contributed by atoms with Crippen LogP contribution in [0, 0.1) is 0 Å². The van der Waals surface area contributed by atoms with Crippen LogP contribution in [-0.4, -0.2) is 34.7 Å². The van der Waals surface area contributed by atoms with E-state index >= 15 is 0 Å². The Morgan fingerprint density at radius 2 is 2.43 bits per heavy atom. The van der Waals surface area contributed by atoms with Crippen molar-refractivity contribution in [3.63, 3.8) is 0 Å². The van der Waals surface area contributed by atoms with Gasteiger partial charge in [-0.2, -0.15) is 0 Å². The lowest BCUT2D eigenvalue weighted by atomic mass is 10.4. The Balaban J connectivity index is 2.04. The van der Waals surface area contributed by atoms with Gasteiger partial charge in [0.25, 0.3) is 0 Å². The van der Waals surface area contributed by atoms with Gasteiger partial charge in [0.05, 0.1) is 11.5 Å². The lowest BCUT2D eigenvalue weighted by Gasteiger charge is -2.05. The molecule has 0 bridgehead atoms. The molecule has 78 valence electrons. The van der Waals surface area contributed by atoms with E-state index < -0.39 is 9.84 Å². The number of nitrogens with zero attached hydrogens (tertiary/aromatic N) is 2. The summed E-state index contributed by atoms with van der Waals surface area (Å²) in [6.07, 6.45) is 4.34. The summed E-state index contributed by atoms with van der Waals surface area (Å²) < 4.78 is 24.3. The summed E-state index contributed by atoms with van der Waals surface area (Å²) in [5.74, 6) is 0.625. The highest BCUT2D eigenvalue weighted by Crippen LogP contribution is 2.29. The molecule has 1 aromatic heterocycles. The fraction of sp³-hybridized carbons (Fsp3) is 0.625. The molecule has 1 fully saturated rings. The van der Waals surface area contributed by atoms with Crippen LogP contribution in [0.4, 0.5) is 0 Å². The molecule has 1 aliphatic heterocycles. The van der Waals surface area contributed by atoms with Gasteiger partial charge < -0.3 is 4.57 Å². The van der Waals surface area contributed by atoms with E-state index in [2.05, 4.69) is 4.98 Å². The molecule has 14 heavy (non-hydrogen) atoms. The largest absolute Gasteiger partial charge is 0.329 e. The molecule has 0 radical (unpaired) electrons. The Hall–Kier alpha value is -0.490. The average Bonchev–Trinajstić information content (AvgIpc) is 2.61. The van der Waals surface area contributed by atoms with Crippen LogP contribution < -0.4 is 0 Å². The van der Waals surface area contributed by atoms with E-state index in [9.17, 15) is 8.42 Å². The van der Waals surface area contributed by atoms with Gasteiger partial charge in [0.1, 0.15) is 0 Å². The number of thioether (sulfide) groups is 1. The second kappa shape index (κ2) is 3.58. The van der Waals surface area contributed by atoms with E-state index in [0.717, 1.165) is 11.6 Å². The molecule has 6 heteroatoms. The Morgan fingerprint density at radius 1 is 1.64 bits per heavy atom. The van der Waals surface area contributed by atoms with Gasteiger partial charge in [0.2, 0.25) is 0 Å². The van der Waals surface area contributed by atoms with Crippen LogP contribution in [-0.2, 0) is 16.9 Å². The molecule has 1 aromatic rings. The minimum atomic E-state index is -2.77. The number of aromatic nitrogens is 2. The highest BCUT2D eigenvalue weighted by molar-refractivity contribution is 8.01. The van der Waals surface area contributed by atoms with Crippen LogP contribution >= 0.6 is 11.8 Å².